The number of ketones is 1. The van der Waals surface area contributed by atoms with Crippen LogP contribution < -0.4 is 0 Å². The molecule has 0 N–H and O–H groups in total. The number of unbranched alkanes of at least 4 members (excludes halogenated alkanes) is 2. The van der Waals surface area contributed by atoms with Gasteiger partial charge in [-0.25, -0.2) is 0 Å². The van der Waals surface area contributed by atoms with Crippen LogP contribution in [-0.2, 0) is 18.8 Å². The lowest BCUT2D eigenvalue weighted by Gasteiger charge is -2.43. The fourth-order valence-electron chi connectivity index (χ4n) is 3.26. The summed E-state index contributed by atoms with van der Waals surface area (Å²) in [6, 6.07) is 0. The highest BCUT2D eigenvalue weighted by atomic mass is 32.2. The number of methoxy groups -OCH3 is 1. The highest BCUT2D eigenvalue weighted by Crippen LogP contribution is 2.57. The lowest BCUT2D eigenvalue weighted by Crippen LogP contribution is -2.39. The molecule has 0 spiro atoms. The van der Waals surface area contributed by atoms with Gasteiger partial charge >= 0.3 is 5.97 Å². The number of esters is 1. The number of carbonyl (C=O) groups is 2. The molecular formula is C18H32O4SSi. The number of allylic oxidation sites excluding steroid dienone is 2. The van der Waals surface area contributed by atoms with Gasteiger partial charge in [0.05, 0.1) is 12.0 Å². The van der Waals surface area contributed by atoms with Gasteiger partial charge in [0, 0.05) is 17.8 Å². The molecule has 4 nitrogen and oxygen atoms in total. The van der Waals surface area contributed by atoms with Gasteiger partial charge in [0.2, 0.25) is 10.5 Å². The van der Waals surface area contributed by atoms with E-state index in [0.29, 0.717) is 16.9 Å². The van der Waals surface area contributed by atoms with Crippen molar-refractivity contribution >= 4 is 34.0 Å². The highest BCUT2D eigenvalue weighted by molar-refractivity contribution is 8.04. The second-order valence-corrected chi connectivity index (χ2v) is 9.15. The van der Waals surface area contributed by atoms with Gasteiger partial charge in [0.25, 0.3) is 0 Å². The Balaban J connectivity index is 2.70. The summed E-state index contributed by atoms with van der Waals surface area (Å²) < 4.78 is 10.5. The van der Waals surface area contributed by atoms with Gasteiger partial charge in [-0.15, -0.1) is 11.8 Å². The standard InChI is InChI=1S/C18H32O4SSi/c1-12-14(20)15(16(22-24)18(12,5)17(2,3)4)23-11-9-7-8-10-13(19)21-6/h12H,7-11H2,1-6,24H3/t12?,18-/m0/s1. The highest BCUT2D eigenvalue weighted by Gasteiger charge is 2.55. The van der Waals surface area contributed by atoms with Crippen LogP contribution in [0.2, 0.25) is 0 Å². The number of rotatable bonds is 8. The molecule has 1 aliphatic rings. The summed E-state index contributed by atoms with van der Waals surface area (Å²) in [6.07, 6.45) is 3.25. The van der Waals surface area contributed by atoms with Crippen LogP contribution in [0.1, 0.15) is 60.3 Å². The van der Waals surface area contributed by atoms with Crippen molar-refractivity contribution in [1.29, 1.82) is 0 Å². The summed E-state index contributed by atoms with van der Waals surface area (Å²) in [7, 11) is 2.01. The van der Waals surface area contributed by atoms with Crippen molar-refractivity contribution in [2.45, 2.75) is 60.3 Å². The lowest BCUT2D eigenvalue weighted by atomic mass is 9.62. The van der Waals surface area contributed by atoms with Crippen LogP contribution in [0, 0.1) is 16.7 Å². The molecule has 0 aromatic carbocycles. The number of Topliss-reactive ketones (excluding diaryl/α,β-unsaturated/α-hetero) is 1. The van der Waals surface area contributed by atoms with E-state index < -0.39 is 0 Å². The number of carbonyl (C=O) groups excluding carboxylic acids is 2. The normalized spacial score (nSPS) is 24.6. The Morgan fingerprint density at radius 3 is 2.42 bits per heavy atom. The van der Waals surface area contributed by atoms with E-state index in [2.05, 4.69) is 32.4 Å². The minimum absolute atomic E-state index is 0.0371. The molecular weight excluding hydrogens is 340 g/mol. The molecule has 0 aromatic rings. The monoisotopic (exact) mass is 372 g/mol. The maximum absolute atomic E-state index is 12.8. The van der Waals surface area contributed by atoms with Gasteiger partial charge in [0.15, 0.2) is 5.78 Å². The third kappa shape index (κ3) is 4.25. The first-order valence-corrected chi connectivity index (χ1v) is 10.4. The molecule has 1 rings (SSSR count). The maximum atomic E-state index is 12.8. The van der Waals surface area contributed by atoms with E-state index in [-0.39, 0.29) is 28.5 Å². The number of thioether (sulfide) groups is 1. The van der Waals surface area contributed by atoms with E-state index in [1.54, 1.807) is 11.8 Å². The largest absolute Gasteiger partial charge is 0.555 e. The zero-order valence-electron chi connectivity index (χ0n) is 16.2. The summed E-state index contributed by atoms with van der Waals surface area (Å²) in [5.41, 5.74) is -0.288. The molecule has 0 aliphatic heterocycles. The zero-order valence-corrected chi connectivity index (χ0v) is 19.0. The number of ether oxygens (including phenoxy) is 1. The maximum Gasteiger partial charge on any atom is 0.305 e. The van der Waals surface area contributed by atoms with Gasteiger partial charge in [-0.3, -0.25) is 9.59 Å². The van der Waals surface area contributed by atoms with E-state index in [0.717, 1.165) is 35.7 Å². The molecule has 1 aliphatic carbocycles. The molecule has 0 heterocycles. The van der Waals surface area contributed by atoms with Gasteiger partial charge < -0.3 is 9.16 Å². The zero-order chi connectivity index (χ0) is 18.5. The Kier molecular flexibility index (Phi) is 7.60. The van der Waals surface area contributed by atoms with Crippen molar-refractivity contribution in [2.75, 3.05) is 12.9 Å². The first kappa shape index (κ1) is 21.3. The third-order valence-corrected chi connectivity index (χ3v) is 7.00. The average molecular weight is 373 g/mol. The second kappa shape index (κ2) is 8.56. The molecule has 0 amide bonds. The third-order valence-electron chi connectivity index (χ3n) is 5.42. The minimum atomic E-state index is -0.251. The van der Waals surface area contributed by atoms with Crippen molar-refractivity contribution in [3.05, 3.63) is 10.7 Å². The molecule has 0 saturated carbocycles. The van der Waals surface area contributed by atoms with Crippen molar-refractivity contribution < 1.29 is 18.8 Å². The Hall–Kier alpha value is -0.753. The van der Waals surface area contributed by atoms with E-state index in [4.69, 9.17) is 4.43 Å². The van der Waals surface area contributed by atoms with Gasteiger partial charge in [-0.05, 0) is 24.0 Å². The Bertz CT molecular complexity index is 510. The average Bonchev–Trinajstić information content (AvgIpc) is 2.71. The number of hydrogen-bond acceptors (Lipinski definition) is 5. The van der Waals surface area contributed by atoms with Crippen molar-refractivity contribution in [1.82, 2.24) is 0 Å². The first-order chi connectivity index (χ1) is 11.1. The van der Waals surface area contributed by atoms with Gasteiger partial charge in [0.1, 0.15) is 5.76 Å². The van der Waals surface area contributed by atoms with E-state index in [1.807, 2.05) is 6.92 Å². The van der Waals surface area contributed by atoms with Gasteiger partial charge in [-0.1, -0.05) is 41.0 Å². The molecule has 0 radical (unpaired) electrons. The fourth-order valence-corrected chi connectivity index (χ4v) is 5.33. The van der Waals surface area contributed by atoms with E-state index in [1.165, 1.54) is 7.11 Å². The summed E-state index contributed by atoms with van der Waals surface area (Å²) >= 11 is 1.62. The Labute approximate surface area is 153 Å². The molecule has 1 unspecified atom stereocenters. The first-order valence-electron chi connectivity index (χ1n) is 8.63. The minimum Gasteiger partial charge on any atom is -0.555 e. The predicted octanol–water partition coefficient (Wildman–Crippen LogP) is 3.23. The van der Waals surface area contributed by atoms with Gasteiger partial charge in [-0.2, -0.15) is 0 Å². The van der Waals surface area contributed by atoms with E-state index >= 15 is 0 Å². The summed E-state index contributed by atoms with van der Waals surface area (Å²) in [6.45, 7) is 10.7. The topological polar surface area (TPSA) is 52.6 Å². The van der Waals surface area contributed by atoms with Crippen LogP contribution in [0.3, 0.4) is 0 Å². The SMILES string of the molecule is COC(=O)CCCCCSC1=C(O[SiH3])[C@@](C)(C(C)(C)C)C(C)C1=O. The Morgan fingerprint density at radius 2 is 1.92 bits per heavy atom. The smallest absolute Gasteiger partial charge is 0.305 e. The molecule has 0 bridgehead atoms. The molecule has 138 valence electrons. The van der Waals surface area contributed by atoms with Crippen LogP contribution in [0.25, 0.3) is 0 Å². The summed E-state index contributed by atoms with van der Waals surface area (Å²) in [5.74, 6) is 1.79. The molecule has 24 heavy (non-hydrogen) atoms. The van der Waals surface area contributed by atoms with Crippen molar-refractivity contribution in [2.24, 2.45) is 16.7 Å². The van der Waals surface area contributed by atoms with Crippen LogP contribution >= 0.6 is 11.8 Å². The number of hydrogen-bond donors (Lipinski definition) is 0. The van der Waals surface area contributed by atoms with Crippen molar-refractivity contribution in [3.63, 3.8) is 0 Å². The fraction of sp³-hybridized carbons (Fsp3) is 0.778. The molecule has 0 aromatic heterocycles. The summed E-state index contributed by atoms with van der Waals surface area (Å²) in [4.78, 5) is 24.7. The second-order valence-electron chi connectivity index (χ2n) is 7.64. The van der Waals surface area contributed by atoms with Crippen LogP contribution in [0.4, 0.5) is 0 Å². The van der Waals surface area contributed by atoms with Crippen LogP contribution in [-0.4, -0.2) is 35.1 Å². The molecule has 0 saturated heterocycles. The van der Waals surface area contributed by atoms with Crippen LogP contribution in [0.15, 0.2) is 10.7 Å². The Morgan fingerprint density at radius 1 is 1.29 bits per heavy atom. The van der Waals surface area contributed by atoms with Crippen molar-refractivity contribution in [3.8, 4) is 0 Å². The van der Waals surface area contributed by atoms with E-state index in [9.17, 15) is 9.59 Å². The predicted molar refractivity (Wildman–Crippen MR) is 103 cm³/mol. The molecule has 2 atom stereocenters. The lowest BCUT2D eigenvalue weighted by molar-refractivity contribution is -0.140. The quantitative estimate of drug-likeness (QED) is 0.372. The molecule has 6 heteroatoms. The summed E-state index contributed by atoms with van der Waals surface area (Å²) in [5, 5.41) is 0. The van der Waals surface area contributed by atoms with Crippen LogP contribution in [0.5, 0.6) is 0 Å². The molecule has 0 fully saturated rings.